The molecule has 0 atom stereocenters. The second kappa shape index (κ2) is 5.09. The van der Waals surface area contributed by atoms with E-state index in [1.54, 1.807) is 0 Å². The Balaban J connectivity index is 2.12. The Hall–Kier alpha value is -1.02. The average Bonchev–Trinajstić information content (AvgIpc) is 2.47. The van der Waals surface area contributed by atoms with Gasteiger partial charge in [-0.2, -0.15) is 0 Å². The minimum atomic E-state index is -0.0682. The topological polar surface area (TPSA) is 29.3 Å². The Morgan fingerprint density at radius 3 is 2.76 bits per heavy atom. The van der Waals surface area contributed by atoms with Crippen LogP contribution < -0.4 is 10.6 Å². The van der Waals surface area contributed by atoms with Crippen LogP contribution >= 0.6 is 0 Å². The Morgan fingerprint density at radius 1 is 1.24 bits per heavy atom. The number of nitrogens with two attached hydrogens (primary N) is 1. The molecule has 0 saturated carbocycles. The van der Waals surface area contributed by atoms with Gasteiger partial charge in [-0.3, -0.25) is 0 Å². The van der Waals surface area contributed by atoms with E-state index in [4.69, 9.17) is 5.73 Å². The van der Waals surface area contributed by atoms with Gasteiger partial charge in [-0.25, -0.2) is 0 Å². The third-order valence-corrected chi connectivity index (χ3v) is 3.48. The highest BCUT2D eigenvalue weighted by Crippen LogP contribution is 2.26. The SMILES string of the molecule is CC(C)(N)CCN1CCCCc2ccccc21. The zero-order valence-electron chi connectivity index (χ0n) is 11.1. The van der Waals surface area contributed by atoms with Gasteiger partial charge in [-0.1, -0.05) is 18.2 Å². The van der Waals surface area contributed by atoms with Crippen LogP contribution in [0.4, 0.5) is 5.69 Å². The Morgan fingerprint density at radius 2 is 2.00 bits per heavy atom. The molecular weight excluding hydrogens is 208 g/mol. The molecule has 0 unspecified atom stereocenters. The zero-order valence-corrected chi connectivity index (χ0v) is 11.1. The third-order valence-electron chi connectivity index (χ3n) is 3.48. The third kappa shape index (κ3) is 3.47. The maximum atomic E-state index is 6.09. The zero-order chi connectivity index (χ0) is 12.3. The molecule has 2 N–H and O–H groups in total. The molecule has 94 valence electrons. The maximum Gasteiger partial charge on any atom is 0.0398 e. The fourth-order valence-electron chi connectivity index (χ4n) is 2.42. The first-order valence-corrected chi connectivity index (χ1v) is 6.68. The van der Waals surface area contributed by atoms with E-state index >= 15 is 0 Å². The number of benzene rings is 1. The molecule has 0 bridgehead atoms. The number of hydrogen-bond acceptors (Lipinski definition) is 2. The largest absolute Gasteiger partial charge is 0.371 e. The summed E-state index contributed by atoms with van der Waals surface area (Å²) in [6, 6.07) is 8.81. The average molecular weight is 232 g/mol. The highest BCUT2D eigenvalue weighted by molar-refractivity contribution is 5.54. The summed E-state index contributed by atoms with van der Waals surface area (Å²) >= 11 is 0. The van der Waals surface area contributed by atoms with Crippen LogP contribution in [0, 0.1) is 0 Å². The van der Waals surface area contributed by atoms with Crippen LogP contribution in [-0.2, 0) is 6.42 Å². The summed E-state index contributed by atoms with van der Waals surface area (Å²) in [5.74, 6) is 0. The van der Waals surface area contributed by atoms with Crippen molar-refractivity contribution in [1.29, 1.82) is 0 Å². The summed E-state index contributed by atoms with van der Waals surface area (Å²) in [5.41, 5.74) is 8.94. The van der Waals surface area contributed by atoms with Crippen LogP contribution in [0.1, 0.15) is 38.7 Å². The van der Waals surface area contributed by atoms with Crippen LogP contribution in [0.15, 0.2) is 24.3 Å². The van der Waals surface area contributed by atoms with Gasteiger partial charge in [0, 0.05) is 24.3 Å². The van der Waals surface area contributed by atoms with Gasteiger partial charge in [0.15, 0.2) is 0 Å². The lowest BCUT2D eigenvalue weighted by Crippen LogP contribution is -2.37. The van der Waals surface area contributed by atoms with Gasteiger partial charge in [0.25, 0.3) is 0 Å². The van der Waals surface area contributed by atoms with Crippen molar-refractivity contribution in [2.24, 2.45) is 5.73 Å². The summed E-state index contributed by atoms with van der Waals surface area (Å²) in [4.78, 5) is 2.51. The molecule has 0 fully saturated rings. The normalized spacial score (nSPS) is 16.5. The molecule has 1 aliphatic heterocycles. The van der Waals surface area contributed by atoms with Gasteiger partial charge in [0.05, 0.1) is 0 Å². The fourth-order valence-corrected chi connectivity index (χ4v) is 2.42. The second-order valence-corrected chi connectivity index (χ2v) is 5.81. The van der Waals surface area contributed by atoms with Crippen LogP contribution in [-0.4, -0.2) is 18.6 Å². The standard InChI is InChI=1S/C15H24N2/c1-15(2,16)10-12-17-11-6-5-8-13-7-3-4-9-14(13)17/h3-4,7,9H,5-6,8,10-12,16H2,1-2H3. The van der Waals surface area contributed by atoms with E-state index in [0.29, 0.717) is 0 Å². The lowest BCUT2D eigenvalue weighted by molar-refractivity contribution is 0.473. The van der Waals surface area contributed by atoms with E-state index in [0.717, 1.165) is 13.0 Å². The van der Waals surface area contributed by atoms with Crippen LogP contribution in [0.3, 0.4) is 0 Å². The predicted octanol–water partition coefficient (Wildman–Crippen LogP) is 2.96. The van der Waals surface area contributed by atoms with Crippen molar-refractivity contribution in [2.45, 2.75) is 45.1 Å². The molecule has 0 saturated heterocycles. The number of fused-ring (bicyclic) bond motifs is 1. The van der Waals surface area contributed by atoms with Gasteiger partial charge >= 0.3 is 0 Å². The van der Waals surface area contributed by atoms with Crippen molar-refractivity contribution < 1.29 is 0 Å². The smallest absolute Gasteiger partial charge is 0.0398 e. The molecule has 1 aromatic carbocycles. The summed E-state index contributed by atoms with van der Waals surface area (Å²) in [7, 11) is 0. The summed E-state index contributed by atoms with van der Waals surface area (Å²) in [6.07, 6.45) is 4.86. The predicted molar refractivity (Wildman–Crippen MR) is 74.5 cm³/mol. The quantitative estimate of drug-likeness (QED) is 0.868. The maximum absolute atomic E-state index is 6.09. The van der Waals surface area contributed by atoms with E-state index in [1.807, 2.05) is 0 Å². The van der Waals surface area contributed by atoms with Crippen LogP contribution in [0.25, 0.3) is 0 Å². The molecule has 0 spiro atoms. The van der Waals surface area contributed by atoms with Crippen molar-refractivity contribution in [1.82, 2.24) is 0 Å². The number of anilines is 1. The van der Waals surface area contributed by atoms with Crippen LogP contribution in [0.5, 0.6) is 0 Å². The van der Waals surface area contributed by atoms with Crippen molar-refractivity contribution in [2.75, 3.05) is 18.0 Å². The van der Waals surface area contributed by atoms with Gasteiger partial charge < -0.3 is 10.6 Å². The molecule has 2 nitrogen and oxygen atoms in total. The van der Waals surface area contributed by atoms with Crippen molar-refractivity contribution in [3.8, 4) is 0 Å². The number of rotatable bonds is 3. The Bertz CT molecular complexity index is 365. The van der Waals surface area contributed by atoms with Gasteiger partial charge in [0.2, 0.25) is 0 Å². The van der Waals surface area contributed by atoms with Crippen molar-refractivity contribution >= 4 is 5.69 Å². The monoisotopic (exact) mass is 232 g/mol. The number of aryl methyl sites for hydroxylation is 1. The van der Waals surface area contributed by atoms with Crippen molar-refractivity contribution in [3.63, 3.8) is 0 Å². The van der Waals surface area contributed by atoms with Gasteiger partial charge in [-0.15, -0.1) is 0 Å². The Kier molecular flexibility index (Phi) is 3.72. The fraction of sp³-hybridized carbons (Fsp3) is 0.600. The van der Waals surface area contributed by atoms with E-state index < -0.39 is 0 Å². The lowest BCUT2D eigenvalue weighted by atomic mass is 10.0. The second-order valence-electron chi connectivity index (χ2n) is 5.81. The molecule has 2 heteroatoms. The summed E-state index contributed by atoms with van der Waals surface area (Å²) in [6.45, 7) is 6.46. The molecule has 0 radical (unpaired) electrons. The minimum absolute atomic E-state index is 0.0682. The highest BCUT2D eigenvalue weighted by atomic mass is 15.1. The molecule has 0 aliphatic carbocycles. The molecular formula is C15H24N2. The number of nitrogens with zero attached hydrogens (tertiary/aromatic N) is 1. The minimum Gasteiger partial charge on any atom is -0.371 e. The molecule has 0 aromatic heterocycles. The molecule has 17 heavy (non-hydrogen) atoms. The van der Waals surface area contributed by atoms with Crippen molar-refractivity contribution in [3.05, 3.63) is 29.8 Å². The van der Waals surface area contributed by atoms with E-state index in [2.05, 4.69) is 43.0 Å². The molecule has 2 rings (SSSR count). The number of hydrogen-bond donors (Lipinski definition) is 1. The van der Waals surface area contributed by atoms with Gasteiger partial charge in [-0.05, 0) is 51.2 Å². The number of para-hydroxylation sites is 1. The lowest BCUT2D eigenvalue weighted by Gasteiger charge is -2.28. The first-order chi connectivity index (χ1) is 8.06. The first kappa shape index (κ1) is 12.4. The summed E-state index contributed by atoms with van der Waals surface area (Å²) in [5, 5.41) is 0. The highest BCUT2D eigenvalue weighted by Gasteiger charge is 2.17. The van der Waals surface area contributed by atoms with E-state index in [1.165, 1.54) is 37.1 Å². The molecule has 1 heterocycles. The van der Waals surface area contributed by atoms with E-state index in [-0.39, 0.29) is 5.54 Å². The molecule has 1 aromatic rings. The Labute approximate surface area is 105 Å². The first-order valence-electron chi connectivity index (χ1n) is 6.68. The van der Waals surface area contributed by atoms with Gasteiger partial charge in [0.1, 0.15) is 0 Å². The molecule has 0 amide bonds. The van der Waals surface area contributed by atoms with Crippen LogP contribution in [0.2, 0.25) is 0 Å². The summed E-state index contributed by atoms with van der Waals surface area (Å²) < 4.78 is 0. The molecule has 1 aliphatic rings. The van der Waals surface area contributed by atoms with E-state index in [9.17, 15) is 0 Å².